The van der Waals surface area contributed by atoms with Gasteiger partial charge in [0.25, 0.3) is 0 Å². The molecular formula is C16H28N2O6. The number of carbonyl (C=O) groups is 1. The maximum Gasteiger partial charge on any atom is 0.150 e. The van der Waals surface area contributed by atoms with Crippen molar-refractivity contribution in [2.75, 3.05) is 32.8 Å². The number of hydrogen-bond acceptors (Lipinski definition) is 8. The second-order valence-electron chi connectivity index (χ2n) is 7.97. The van der Waals surface area contributed by atoms with Gasteiger partial charge in [0.05, 0.1) is 23.6 Å². The first-order chi connectivity index (χ1) is 11.2. The molecule has 0 saturated carbocycles. The van der Waals surface area contributed by atoms with E-state index in [1.54, 1.807) is 0 Å². The molecule has 4 bridgehead atoms. The summed E-state index contributed by atoms with van der Waals surface area (Å²) in [6, 6.07) is 0. The van der Waals surface area contributed by atoms with Crippen molar-refractivity contribution in [1.82, 2.24) is 9.80 Å². The van der Waals surface area contributed by atoms with Gasteiger partial charge in [0.15, 0.2) is 0 Å². The van der Waals surface area contributed by atoms with E-state index in [1.165, 1.54) is 0 Å². The molecule has 0 aliphatic carbocycles. The summed E-state index contributed by atoms with van der Waals surface area (Å²) in [5.74, 6) is 0.286. The normalized spacial score (nSPS) is 46.0. The van der Waals surface area contributed by atoms with E-state index >= 15 is 0 Å². The molecule has 0 radical (unpaired) electrons. The predicted molar refractivity (Wildman–Crippen MR) is 83.9 cm³/mol. The van der Waals surface area contributed by atoms with Gasteiger partial charge in [0.2, 0.25) is 0 Å². The Morgan fingerprint density at radius 3 is 2.08 bits per heavy atom. The van der Waals surface area contributed by atoms with Gasteiger partial charge in [-0.1, -0.05) is 13.8 Å². The second kappa shape index (κ2) is 5.98. The van der Waals surface area contributed by atoms with Crippen molar-refractivity contribution in [3.8, 4) is 0 Å². The van der Waals surface area contributed by atoms with Crippen LogP contribution in [0.1, 0.15) is 20.3 Å². The van der Waals surface area contributed by atoms with Crippen LogP contribution in [-0.2, 0) is 4.79 Å². The summed E-state index contributed by atoms with van der Waals surface area (Å²) in [6.07, 6.45) is -5.84. The second-order valence-corrected chi connectivity index (χ2v) is 7.97. The van der Waals surface area contributed by atoms with Crippen molar-refractivity contribution < 1.29 is 30.3 Å². The number of carbonyl (C=O) groups excluding carboxylic acids is 1. The van der Waals surface area contributed by atoms with Gasteiger partial charge in [-0.25, -0.2) is 0 Å². The molecule has 4 saturated heterocycles. The smallest absolute Gasteiger partial charge is 0.150 e. The minimum atomic E-state index is -1.64. The van der Waals surface area contributed by atoms with Crippen LogP contribution in [0.2, 0.25) is 0 Å². The first-order valence-corrected chi connectivity index (χ1v) is 8.55. The first-order valence-electron chi connectivity index (χ1n) is 8.55. The Hall–Kier alpha value is -0.610. The van der Waals surface area contributed by atoms with Crippen LogP contribution in [0.25, 0.3) is 0 Å². The zero-order chi connectivity index (χ0) is 17.9. The Morgan fingerprint density at radius 2 is 1.62 bits per heavy atom. The molecular weight excluding hydrogens is 316 g/mol. The minimum absolute atomic E-state index is 0.286. The van der Waals surface area contributed by atoms with Gasteiger partial charge in [0.1, 0.15) is 30.2 Å². The van der Waals surface area contributed by atoms with Gasteiger partial charge >= 0.3 is 0 Å². The number of aliphatic hydroxyl groups excluding tert-OH is 5. The van der Waals surface area contributed by atoms with Gasteiger partial charge < -0.3 is 25.5 Å². The van der Waals surface area contributed by atoms with E-state index in [0.29, 0.717) is 26.2 Å². The van der Waals surface area contributed by atoms with Crippen molar-refractivity contribution in [2.24, 2.45) is 10.8 Å². The number of Topliss-reactive ketones (excluding diaryl/α,β-unsaturated/α-hetero) is 1. The van der Waals surface area contributed by atoms with Crippen molar-refractivity contribution in [3.05, 3.63) is 0 Å². The number of ketones is 1. The lowest BCUT2D eigenvalue weighted by Crippen LogP contribution is -2.81. The van der Waals surface area contributed by atoms with Crippen molar-refractivity contribution in [2.45, 2.75) is 50.8 Å². The summed E-state index contributed by atoms with van der Waals surface area (Å²) in [4.78, 5) is 16.8. The van der Waals surface area contributed by atoms with E-state index < -0.39 is 48.0 Å². The zero-order valence-corrected chi connectivity index (χ0v) is 14.2. The highest BCUT2D eigenvalue weighted by Crippen LogP contribution is 2.50. The van der Waals surface area contributed by atoms with Gasteiger partial charge in [-0.2, -0.15) is 0 Å². The first kappa shape index (κ1) is 18.2. The van der Waals surface area contributed by atoms with E-state index in [1.807, 2.05) is 23.6 Å². The fourth-order valence-corrected chi connectivity index (χ4v) is 4.95. The lowest BCUT2D eigenvalue weighted by Gasteiger charge is -2.66. The van der Waals surface area contributed by atoms with Crippen LogP contribution in [0.3, 0.4) is 0 Å². The summed E-state index contributed by atoms with van der Waals surface area (Å²) in [7, 11) is 0. The van der Waals surface area contributed by atoms with Gasteiger partial charge in [-0.05, 0) is 6.42 Å². The molecule has 0 spiro atoms. The molecule has 8 heteroatoms. The Kier molecular flexibility index (Phi) is 4.53. The topological polar surface area (TPSA) is 125 Å². The van der Waals surface area contributed by atoms with Gasteiger partial charge in [-0.15, -0.1) is 0 Å². The molecule has 4 aliphatic rings. The average Bonchev–Trinajstić information content (AvgIpc) is 2.55. The molecule has 6 atom stereocenters. The number of hydrogen-bond donors (Lipinski definition) is 5. The van der Waals surface area contributed by atoms with Gasteiger partial charge in [-0.3, -0.25) is 14.6 Å². The molecule has 138 valence electrons. The summed E-state index contributed by atoms with van der Waals surface area (Å²) in [5.41, 5.74) is -0.910. The Labute approximate surface area is 141 Å². The van der Waals surface area contributed by atoms with Crippen LogP contribution in [-0.4, -0.2) is 104 Å². The molecule has 4 aliphatic heterocycles. The largest absolute Gasteiger partial charge is 0.394 e. The quantitative estimate of drug-likeness (QED) is 0.354. The zero-order valence-electron chi connectivity index (χ0n) is 14.2. The third-order valence-electron chi connectivity index (χ3n) is 6.16. The number of piperidine rings is 2. The Balaban J connectivity index is 1.82. The summed E-state index contributed by atoms with van der Waals surface area (Å²) < 4.78 is 0. The van der Waals surface area contributed by atoms with Crippen molar-refractivity contribution in [3.63, 3.8) is 0 Å². The van der Waals surface area contributed by atoms with E-state index in [4.69, 9.17) is 5.11 Å². The van der Waals surface area contributed by atoms with E-state index in [-0.39, 0.29) is 5.78 Å². The molecule has 0 amide bonds. The number of nitrogens with zero attached hydrogens (tertiary/aromatic N) is 2. The fourth-order valence-electron chi connectivity index (χ4n) is 4.95. The third kappa shape index (κ3) is 2.44. The fraction of sp³-hybridized carbons (Fsp3) is 0.938. The molecule has 5 N–H and O–H groups in total. The minimum Gasteiger partial charge on any atom is -0.394 e. The molecule has 0 aromatic rings. The van der Waals surface area contributed by atoms with Crippen molar-refractivity contribution >= 4 is 5.78 Å². The Bertz CT molecular complexity index is 499. The van der Waals surface area contributed by atoms with Crippen LogP contribution < -0.4 is 0 Å². The number of rotatable bonds is 6. The molecule has 4 heterocycles. The van der Waals surface area contributed by atoms with E-state index in [0.717, 1.165) is 6.42 Å². The van der Waals surface area contributed by atoms with Crippen molar-refractivity contribution in [1.29, 1.82) is 0 Å². The molecule has 4 rings (SSSR count). The standard InChI is InChI=1S/C16H28N2O6/c1-3-16-7-17-5-15(2,14(16)24)6-18(8-16)13(17)12(23)11(22)10(21)9(20)4-19/h9-13,19-23H,3-8H2,1-2H3/t9-,10-,11-,12-,13?,15?,16?/m1/s1. The SMILES string of the molecule is CCC12CN3CC(C)(CN(C1)C3[C@H](O)[C@H](O)[C@H](O)[C@H](O)CO)C2=O. The summed E-state index contributed by atoms with van der Waals surface area (Å²) >= 11 is 0. The third-order valence-corrected chi connectivity index (χ3v) is 6.16. The van der Waals surface area contributed by atoms with E-state index in [2.05, 4.69) is 0 Å². The van der Waals surface area contributed by atoms with E-state index in [9.17, 15) is 25.2 Å². The lowest BCUT2D eigenvalue weighted by atomic mass is 9.60. The van der Waals surface area contributed by atoms with Gasteiger partial charge in [0, 0.05) is 26.2 Å². The van der Waals surface area contributed by atoms with Crippen LogP contribution in [0.5, 0.6) is 0 Å². The Morgan fingerprint density at radius 1 is 1.08 bits per heavy atom. The maximum atomic E-state index is 12.8. The number of aliphatic hydroxyl groups is 5. The summed E-state index contributed by atoms with van der Waals surface area (Å²) in [6.45, 7) is 5.33. The molecule has 2 unspecified atom stereocenters. The molecule has 24 heavy (non-hydrogen) atoms. The van der Waals surface area contributed by atoms with Crippen LogP contribution >= 0.6 is 0 Å². The van der Waals surface area contributed by atoms with Crippen LogP contribution in [0, 0.1) is 10.8 Å². The lowest BCUT2D eigenvalue weighted by molar-refractivity contribution is -0.231. The maximum absolute atomic E-state index is 12.8. The highest BCUT2D eigenvalue weighted by molar-refractivity contribution is 5.93. The highest BCUT2D eigenvalue weighted by atomic mass is 16.4. The summed E-state index contributed by atoms with van der Waals surface area (Å²) in [5, 5.41) is 49.1. The molecule has 0 aromatic carbocycles. The molecule has 4 fully saturated rings. The van der Waals surface area contributed by atoms with Crippen LogP contribution in [0.15, 0.2) is 0 Å². The molecule has 8 nitrogen and oxygen atoms in total. The monoisotopic (exact) mass is 344 g/mol. The highest BCUT2D eigenvalue weighted by Gasteiger charge is 2.64. The predicted octanol–water partition coefficient (Wildman–Crippen LogP) is -2.63. The average molecular weight is 344 g/mol. The molecule has 0 aromatic heterocycles. The van der Waals surface area contributed by atoms with Crippen LogP contribution in [0.4, 0.5) is 0 Å².